The number of likely N-dealkylation sites (N-methyl/N-ethyl adjacent to an activating group) is 1. The second-order valence-electron chi connectivity index (χ2n) is 4.11. The summed E-state index contributed by atoms with van der Waals surface area (Å²) in [6.07, 6.45) is 0. The van der Waals surface area contributed by atoms with E-state index in [-0.39, 0.29) is 21.3 Å². The van der Waals surface area contributed by atoms with E-state index in [1.165, 1.54) is 6.07 Å². The number of nitro benzene ring substituents is 1. The van der Waals surface area contributed by atoms with Gasteiger partial charge in [-0.05, 0) is 20.2 Å². The Labute approximate surface area is 120 Å². The minimum Gasteiger partial charge on any atom is -0.351 e. The molecule has 8 heteroatoms. The Bertz CT molecular complexity index is 506. The second-order valence-corrected chi connectivity index (χ2v) is 4.89. The third kappa shape index (κ3) is 4.34. The maximum atomic E-state index is 11.8. The van der Waals surface area contributed by atoms with Gasteiger partial charge in [0.1, 0.15) is 5.02 Å². The van der Waals surface area contributed by atoms with E-state index < -0.39 is 10.8 Å². The van der Waals surface area contributed by atoms with E-state index in [9.17, 15) is 14.9 Å². The van der Waals surface area contributed by atoms with Crippen LogP contribution in [0.1, 0.15) is 10.4 Å². The molecule has 1 N–H and O–H groups in total. The van der Waals surface area contributed by atoms with Gasteiger partial charge in [-0.2, -0.15) is 0 Å². The van der Waals surface area contributed by atoms with Crippen LogP contribution in [0, 0.1) is 10.1 Å². The number of nitrogens with one attached hydrogen (secondary N) is 1. The molecule has 0 aliphatic heterocycles. The summed E-state index contributed by atoms with van der Waals surface area (Å²) in [4.78, 5) is 23.8. The molecule has 0 aromatic heterocycles. The van der Waals surface area contributed by atoms with Crippen LogP contribution in [0.2, 0.25) is 10.0 Å². The fourth-order valence-electron chi connectivity index (χ4n) is 1.33. The highest BCUT2D eigenvalue weighted by atomic mass is 35.5. The average molecular weight is 306 g/mol. The molecule has 6 nitrogen and oxygen atoms in total. The largest absolute Gasteiger partial charge is 0.351 e. The molecule has 0 bridgehead atoms. The number of hydrogen-bond acceptors (Lipinski definition) is 4. The molecule has 1 rings (SSSR count). The van der Waals surface area contributed by atoms with E-state index in [1.807, 2.05) is 19.0 Å². The first-order valence-corrected chi connectivity index (χ1v) is 6.15. The predicted molar refractivity (Wildman–Crippen MR) is 74.0 cm³/mol. The quantitative estimate of drug-likeness (QED) is 0.668. The van der Waals surface area contributed by atoms with Crippen molar-refractivity contribution in [3.63, 3.8) is 0 Å². The van der Waals surface area contributed by atoms with Gasteiger partial charge in [0.15, 0.2) is 0 Å². The molecule has 1 aromatic rings. The van der Waals surface area contributed by atoms with Crippen LogP contribution in [-0.2, 0) is 0 Å². The summed E-state index contributed by atoms with van der Waals surface area (Å²) in [5.74, 6) is -0.427. The molecular formula is C11H13Cl2N3O3. The van der Waals surface area contributed by atoms with Gasteiger partial charge in [0.05, 0.1) is 9.95 Å². The smallest absolute Gasteiger partial charge is 0.290 e. The molecule has 0 atom stereocenters. The highest BCUT2D eigenvalue weighted by Crippen LogP contribution is 2.32. The predicted octanol–water partition coefficient (Wildman–Crippen LogP) is 2.19. The molecule has 0 heterocycles. The third-order valence-electron chi connectivity index (χ3n) is 2.31. The summed E-state index contributed by atoms with van der Waals surface area (Å²) >= 11 is 11.5. The van der Waals surface area contributed by atoms with Gasteiger partial charge in [0, 0.05) is 24.7 Å². The maximum Gasteiger partial charge on any atom is 0.290 e. The third-order valence-corrected chi connectivity index (χ3v) is 3.10. The Balaban J connectivity index is 2.89. The molecule has 0 fully saturated rings. The molecule has 0 saturated heterocycles. The van der Waals surface area contributed by atoms with Gasteiger partial charge in [0.2, 0.25) is 0 Å². The lowest BCUT2D eigenvalue weighted by molar-refractivity contribution is -0.384. The SMILES string of the molecule is CN(C)CCNC(=O)c1cc(Cl)c(Cl)c([N+](=O)[O-])c1. The molecule has 0 unspecified atom stereocenters. The average Bonchev–Trinajstić information content (AvgIpc) is 2.31. The first kappa shape index (κ1) is 15.7. The standard InChI is InChI=1S/C11H13Cl2N3O3/c1-15(2)4-3-14-11(17)7-5-8(12)10(13)9(6-7)16(18)19/h5-6H,3-4H2,1-2H3,(H,14,17). The number of rotatable bonds is 5. The molecule has 0 aliphatic rings. The summed E-state index contributed by atoms with van der Waals surface area (Å²) < 4.78 is 0. The van der Waals surface area contributed by atoms with Crippen molar-refractivity contribution >= 4 is 34.8 Å². The van der Waals surface area contributed by atoms with Crippen LogP contribution >= 0.6 is 23.2 Å². The van der Waals surface area contributed by atoms with Crippen molar-refractivity contribution in [3.8, 4) is 0 Å². The molecular weight excluding hydrogens is 293 g/mol. The van der Waals surface area contributed by atoms with Crippen LogP contribution in [0.4, 0.5) is 5.69 Å². The normalized spacial score (nSPS) is 10.6. The van der Waals surface area contributed by atoms with E-state index in [0.717, 1.165) is 6.07 Å². The van der Waals surface area contributed by atoms with Crippen molar-refractivity contribution in [2.24, 2.45) is 0 Å². The van der Waals surface area contributed by atoms with Crippen molar-refractivity contribution in [2.45, 2.75) is 0 Å². The molecule has 0 radical (unpaired) electrons. The van der Waals surface area contributed by atoms with Gasteiger partial charge in [-0.3, -0.25) is 14.9 Å². The lowest BCUT2D eigenvalue weighted by Gasteiger charge is -2.10. The Morgan fingerprint density at radius 3 is 2.58 bits per heavy atom. The summed E-state index contributed by atoms with van der Waals surface area (Å²) in [5, 5.41) is 13.2. The summed E-state index contributed by atoms with van der Waals surface area (Å²) in [6, 6.07) is 2.42. The number of carbonyl (C=O) groups excluding carboxylic acids is 1. The lowest BCUT2D eigenvalue weighted by Crippen LogP contribution is -2.31. The highest BCUT2D eigenvalue weighted by Gasteiger charge is 2.19. The summed E-state index contributed by atoms with van der Waals surface area (Å²) in [6.45, 7) is 1.09. The van der Waals surface area contributed by atoms with Crippen molar-refractivity contribution in [1.82, 2.24) is 10.2 Å². The van der Waals surface area contributed by atoms with Crippen LogP contribution in [0.25, 0.3) is 0 Å². The molecule has 0 saturated carbocycles. The monoisotopic (exact) mass is 305 g/mol. The van der Waals surface area contributed by atoms with Gasteiger partial charge in [-0.15, -0.1) is 0 Å². The lowest BCUT2D eigenvalue weighted by atomic mass is 10.2. The van der Waals surface area contributed by atoms with Crippen molar-refractivity contribution in [2.75, 3.05) is 27.2 Å². The zero-order chi connectivity index (χ0) is 14.6. The first-order valence-electron chi connectivity index (χ1n) is 5.39. The number of nitro groups is 1. The van der Waals surface area contributed by atoms with Crippen LogP contribution in [0.3, 0.4) is 0 Å². The fraction of sp³-hybridized carbons (Fsp3) is 0.364. The number of carbonyl (C=O) groups is 1. The summed E-state index contributed by atoms with van der Waals surface area (Å²) in [5.41, 5.74) is -0.271. The van der Waals surface area contributed by atoms with Crippen molar-refractivity contribution in [3.05, 3.63) is 37.9 Å². The van der Waals surface area contributed by atoms with Gasteiger partial charge in [-0.1, -0.05) is 23.2 Å². The van der Waals surface area contributed by atoms with E-state index in [4.69, 9.17) is 23.2 Å². The Hall–Kier alpha value is -1.37. The number of benzene rings is 1. The van der Waals surface area contributed by atoms with Crippen LogP contribution in [-0.4, -0.2) is 42.9 Å². The Morgan fingerprint density at radius 2 is 2.05 bits per heavy atom. The van der Waals surface area contributed by atoms with Gasteiger partial charge in [-0.25, -0.2) is 0 Å². The van der Waals surface area contributed by atoms with Crippen LogP contribution in [0.15, 0.2) is 12.1 Å². The molecule has 1 aromatic carbocycles. The van der Waals surface area contributed by atoms with E-state index >= 15 is 0 Å². The molecule has 0 spiro atoms. The minimum atomic E-state index is -0.676. The van der Waals surface area contributed by atoms with E-state index in [2.05, 4.69) is 5.32 Å². The number of amides is 1. The minimum absolute atomic E-state index is 0.0198. The second kappa shape index (κ2) is 6.70. The Kier molecular flexibility index (Phi) is 5.53. The van der Waals surface area contributed by atoms with E-state index in [1.54, 1.807) is 0 Å². The maximum absolute atomic E-state index is 11.8. The van der Waals surface area contributed by atoms with Gasteiger partial charge in [0.25, 0.3) is 11.6 Å². The Morgan fingerprint density at radius 1 is 1.42 bits per heavy atom. The summed E-state index contributed by atoms with van der Waals surface area (Å²) in [7, 11) is 3.74. The number of halogens is 2. The van der Waals surface area contributed by atoms with Gasteiger partial charge >= 0.3 is 0 Å². The van der Waals surface area contributed by atoms with Crippen LogP contribution in [0.5, 0.6) is 0 Å². The molecule has 1 amide bonds. The van der Waals surface area contributed by atoms with E-state index in [0.29, 0.717) is 13.1 Å². The zero-order valence-electron chi connectivity index (χ0n) is 10.4. The van der Waals surface area contributed by atoms with Crippen LogP contribution < -0.4 is 5.32 Å². The fourth-order valence-corrected chi connectivity index (χ4v) is 1.73. The number of nitrogens with zero attached hydrogens (tertiary/aromatic N) is 2. The highest BCUT2D eigenvalue weighted by molar-refractivity contribution is 6.43. The molecule has 0 aliphatic carbocycles. The molecule has 104 valence electrons. The van der Waals surface area contributed by atoms with Crippen molar-refractivity contribution < 1.29 is 9.72 Å². The zero-order valence-corrected chi connectivity index (χ0v) is 12.0. The topological polar surface area (TPSA) is 75.5 Å². The van der Waals surface area contributed by atoms with Crippen molar-refractivity contribution in [1.29, 1.82) is 0 Å². The first-order chi connectivity index (χ1) is 8.82. The number of hydrogen-bond donors (Lipinski definition) is 1. The molecule has 19 heavy (non-hydrogen) atoms. The van der Waals surface area contributed by atoms with Gasteiger partial charge < -0.3 is 10.2 Å².